The zero-order valence-electron chi connectivity index (χ0n) is 10.6. The molecule has 0 saturated heterocycles. The lowest BCUT2D eigenvalue weighted by molar-refractivity contribution is 0.317. The van der Waals surface area contributed by atoms with Crippen LogP contribution in [0.3, 0.4) is 0 Å². The second-order valence-electron chi connectivity index (χ2n) is 4.84. The highest BCUT2D eigenvalue weighted by Gasteiger charge is 2.29. The van der Waals surface area contributed by atoms with Gasteiger partial charge in [0.05, 0.1) is 0 Å². The monoisotopic (exact) mass is 271 g/mol. The van der Waals surface area contributed by atoms with Crippen molar-refractivity contribution in [2.75, 3.05) is 6.54 Å². The van der Waals surface area contributed by atoms with Crippen molar-refractivity contribution < 1.29 is 0 Å². The zero-order valence-corrected chi connectivity index (χ0v) is 12.2. The molecule has 1 aliphatic carbocycles. The number of nitrogens with zero attached hydrogens (tertiary/aromatic N) is 2. The van der Waals surface area contributed by atoms with E-state index in [1.54, 1.807) is 6.33 Å². The van der Waals surface area contributed by atoms with Gasteiger partial charge in [0.15, 0.2) is 4.34 Å². The standard InChI is InChI=1S/C12H21N3S2/c1-3-6-13-10-5-4-9(2)7-11(10)16-12-14-8-15-17-12/h8-11,13H,3-7H2,1-2H3. The van der Waals surface area contributed by atoms with Crippen LogP contribution in [0.1, 0.15) is 39.5 Å². The number of hydrogen-bond donors (Lipinski definition) is 1. The molecule has 1 aliphatic rings. The summed E-state index contributed by atoms with van der Waals surface area (Å²) in [6.45, 7) is 5.72. The Labute approximate surface area is 112 Å². The molecule has 2 rings (SSSR count). The van der Waals surface area contributed by atoms with Crippen LogP contribution in [0.5, 0.6) is 0 Å². The van der Waals surface area contributed by atoms with Crippen molar-refractivity contribution in [1.29, 1.82) is 0 Å². The molecule has 0 radical (unpaired) electrons. The first-order valence-electron chi connectivity index (χ1n) is 6.46. The van der Waals surface area contributed by atoms with E-state index in [1.165, 1.54) is 37.2 Å². The lowest BCUT2D eigenvalue weighted by Gasteiger charge is -2.34. The topological polar surface area (TPSA) is 37.8 Å². The smallest absolute Gasteiger partial charge is 0.170 e. The maximum absolute atomic E-state index is 4.29. The summed E-state index contributed by atoms with van der Waals surface area (Å²) in [5.74, 6) is 0.847. The summed E-state index contributed by atoms with van der Waals surface area (Å²) in [5, 5.41) is 4.36. The molecule has 0 aromatic carbocycles. The third kappa shape index (κ3) is 3.93. The highest BCUT2D eigenvalue weighted by molar-refractivity contribution is 8.01. The molecule has 0 aliphatic heterocycles. The summed E-state index contributed by atoms with van der Waals surface area (Å²) in [4.78, 5) is 4.29. The minimum absolute atomic E-state index is 0.653. The Morgan fingerprint density at radius 2 is 2.41 bits per heavy atom. The van der Waals surface area contributed by atoms with E-state index >= 15 is 0 Å². The van der Waals surface area contributed by atoms with E-state index in [0.29, 0.717) is 11.3 Å². The average molecular weight is 271 g/mol. The molecule has 3 nitrogen and oxygen atoms in total. The van der Waals surface area contributed by atoms with Crippen molar-refractivity contribution in [3.63, 3.8) is 0 Å². The third-order valence-electron chi connectivity index (χ3n) is 3.30. The molecular weight excluding hydrogens is 250 g/mol. The maximum Gasteiger partial charge on any atom is 0.170 e. The summed E-state index contributed by atoms with van der Waals surface area (Å²) in [6.07, 6.45) is 6.83. The number of rotatable bonds is 5. The zero-order chi connectivity index (χ0) is 12.1. The van der Waals surface area contributed by atoms with Gasteiger partial charge in [-0.2, -0.15) is 4.37 Å². The van der Waals surface area contributed by atoms with E-state index in [1.807, 2.05) is 11.8 Å². The van der Waals surface area contributed by atoms with Crippen molar-refractivity contribution >= 4 is 23.3 Å². The molecule has 1 N–H and O–H groups in total. The van der Waals surface area contributed by atoms with Gasteiger partial charge in [-0.25, -0.2) is 4.98 Å². The summed E-state index contributed by atoms with van der Waals surface area (Å²) in [6, 6.07) is 0.653. The van der Waals surface area contributed by atoms with E-state index < -0.39 is 0 Å². The van der Waals surface area contributed by atoms with Crippen LogP contribution in [0.25, 0.3) is 0 Å². The molecule has 3 unspecified atom stereocenters. The Hall–Kier alpha value is -0.130. The van der Waals surface area contributed by atoms with Gasteiger partial charge < -0.3 is 5.32 Å². The molecular formula is C12H21N3S2. The third-order valence-corrected chi connectivity index (χ3v) is 5.41. The first-order valence-corrected chi connectivity index (χ1v) is 8.11. The summed E-state index contributed by atoms with van der Waals surface area (Å²) in [7, 11) is 0. The first kappa shape index (κ1) is 13.3. The van der Waals surface area contributed by atoms with Crippen LogP contribution in [0.2, 0.25) is 0 Å². The van der Waals surface area contributed by atoms with Gasteiger partial charge in [-0.15, -0.1) is 0 Å². The Morgan fingerprint density at radius 1 is 1.53 bits per heavy atom. The highest BCUT2D eigenvalue weighted by Crippen LogP contribution is 2.36. The van der Waals surface area contributed by atoms with Crippen LogP contribution in [0.15, 0.2) is 10.7 Å². The van der Waals surface area contributed by atoms with Gasteiger partial charge in [-0.05, 0) is 49.7 Å². The summed E-state index contributed by atoms with van der Waals surface area (Å²) < 4.78 is 5.20. The lowest BCUT2D eigenvalue weighted by Crippen LogP contribution is -2.42. The van der Waals surface area contributed by atoms with Gasteiger partial charge in [0.2, 0.25) is 0 Å². The van der Waals surface area contributed by atoms with E-state index in [0.717, 1.165) is 16.8 Å². The van der Waals surface area contributed by atoms with Gasteiger partial charge in [0.25, 0.3) is 0 Å². The minimum atomic E-state index is 0.653. The van der Waals surface area contributed by atoms with Crippen LogP contribution >= 0.6 is 23.3 Å². The predicted octanol–water partition coefficient (Wildman–Crippen LogP) is 3.19. The number of thioether (sulfide) groups is 1. The maximum atomic E-state index is 4.29. The number of aromatic nitrogens is 2. The second kappa shape index (κ2) is 6.71. The molecule has 3 atom stereocenters. The van der Waals surface area contributed by atoms with Crippen molar-refractivity contribution in [2.24, 2.45) is 5.92 Å². The van der Waals surface area contributed by atoms with Crippen molar-refractivity contribution in [3.8, 4) is 0 Å². The Kier molecular flexibility index (Phi) is 5.25. The van der Waals surface area contributed by atoms with Crippen LogP contribution in [-0.4, -0.2) is 27.2 Å². The molecule has 1 aromatic rings. The highest BCUT2D eigenvalue weighted by atomic mass is 32.2. The summed E-state index contributed by atoms with van der Waals surface area (Å²) in [5.41, 5.74) is 0. The molecule has 0 amide bonds. The fourth-order valence-electron chi connectivity index (χ4n) is 2.37. The van der Waals surface area contributed by atoms with Gasteiger partial charge in [0.1, 0.15) is 6.33 Å². The fraction of sp³-hybridized carbons (Fsp3) is 0.833. The lowest BCUT2D eigenvalue weighted by atomic mass is 9.87. The molecule has 1 fully saturated rings. The quantitative estimate of drug-likeness (QED) is 0.892. The van der Waals surface area contributed by atoms with E-state index in [2.05, 4.69) is 28.5 Å². The van der Waals surface area contributed by atoms with Gasteiger partial charge in [0, 0.05) is 11.3 Å². The van der Waals surface area contributed by atoms with E-state index in [-0.39, 0.29) is 0 Å². The van der Waals surface area contributed by atoms with Crippen molar-refractivity contribution in [2.45, 2.75) is 55.2 Å². The Bertz CT molecular complexity index is 314. The normalized spacial score (nSPS) is 29.4. The Morgan fingerprint density at radius 3 is 3.12 bits per heavy atom. The van der Waals surface area contributed by atoms with Crippen molar-refractivity contribution in [3.05, 3.63) is 6.33 Å². The van der Waals surface area contributed by atoms with Gasteiger partial charge in [-0.3, -0.25) is 0 Å². The average Bonchev–Trinajstić information content (AvgIpc) is 2.81. The largest absolute Gasteiger partial charge is 0.313 e. The SMILES string of the molecule is CCCNC1CCC(C)CC1Sc1ncns1. The van der Waals surface area contributed by atoms with Crippen LogP contribution in [-0.2, 0) is 0 Å². The Balaban J connectivity index is 1.93. The first-order chi connectivity index (χ1) is 8.29. The molecule has 96 valence electrons. The number of hydrogen-bond acceptors (Lipinski definition) is 5. The van der Waals surface area contributed by atoms with Gasteiger partial charge in [-0.1, -0.05) is 25.6 Å². The number of nitrogens with one attached hydrogen (secondary N) is 1. The molecule has 0 spiro atoms. The molecule has 0 bridgehead atoms. The molecule has 1 aromatic heterocycles. The molecule has 17 heavy (non-hydrogen) atoms. The van der Waals surface area contributed by atoms with Crippen LogP contribution in [0, 0.1) is 5.92 Å². The minimum Gasteiger partial charge on any atom is -0.313 e. The predicted molar refractivity (Wildman–Crippen MR) is 74.7 cm³/mol. The molecule has 1 saturated carbocycles. The van der Waals surface area contributed by atoms with Crippen LogP contribution < -0.4 is 5.32 Å². The second-order valence-corrected chi connectivity index (χ2v) is 7.11. The van der Waals surface area contributed by atoms with Gasteiger partial charge >= 0.3 is 0 Å². The molecule has 1 heterocycles. The molecule has 5 heteroatoms. The fourth-order valence-corrected chi connectivity index (χ4v) is 4.51. The van der Waals surface area contributed by atoms with Crippen LogP contribution in [0.4, 0.5) is 0 Å². The van der Waals surface area contributed by atoms with E-state index in [4.69, 9.17) is 0 Å². The van der Waals surface area contributed by atoms with Crippen molar-refractivity contribution in [1.82, 2.24) is 14.7 Å². The summed E-state index contributed by atoms with van der Waals surface area (Å²) >= 11 is 3.43. The van der Waals surface area contributed by atoms with E-state index in [9.17, 15) is 0 Å².